The highest BCUT2D eigenvalue weighted by Crippen LogP contribution is 2.41. The lowest BCUT2D eigenvalue weighted by Crippen LogP contribution is -2.68. The number of rotatable bonds is 3. The van der Waals surface area contributed by atoms with Crippen molar-refractivity contribution in [2.75, 3.05) is 26.2 Å². The minimum Gasteiger partial charge on any atom is -0.395 e. The first kappa shape index (κ1) is 22.4. The fourth-order valence-electron chi connectivity index (χ4n) is 4.92. The molecule has 0 radical (unpaired) electrons. The summed E-state index contributed by atoms with van der Waals surface area (Å²) < 4.78 is 0. The number of nitrogens with one attached hydrogen (secondary N) is 1. The summed E-state index contributed by atoms with van der Waals surface area (Å²) in [6.45, 7) is 6.57. The Labute approximate surface area is 191 Å². The van der Waals surface area contributed by atoms with Gasteiger partial charge in [0.05, 0.1) is 6.61 Å². The highest BCUT2D eigenvalue weighted by molar-refractivity contribution is 5.74. The normalized spacial score (nSPS) is 23.2. The van der Waals surface area contributed by atoms with Crippen molar-refractivity contribution in [1.82, 2.24) is 15.1 Å². The van der Waals surface area contributed by atoms with Crippen LogP contribution in [0.1, 0.15) is 49.3 Å². The number of hydrogen-bond acceptors (Lipinski definition) is 3. The fraction of sp³-hybridized carbons (Fsp3) is 0.444. The van der Waals surface area contributed by atoms with Crippen LogP contribution in [0.3, 0.4) is 0 Å². The second kappa shape index (κ2) is 10.2. The molecule has 2 fully saturated rings. The molecule has 0 aliphatic carbocycles. The van der Waals surface area contributed by atoms with E-state index in [9.17, 15) is 9.90 Å². The molecule has 2 N–H and O–H groups in total. The van der Waals surface area contributed by atoms with Gasteiger partial charge >= 0.3 is 6.03 Å². The van der Waals surface area contributed by atoms with Crippen molar-refractivity contribution in [3.63, 3.8) is 0 Å². The molecule has 5 nitrogen and oxygen atoms in total. The van der Waals surface area contributed by atoms with E-state index in [4.69, 9.17) is 0 Å². The molecule has 168 valence electrons. The third-order valence-electron chi connectivity index (χ3n) is 6.49. The Bertz CT molecular complexity index is 962. The number of amides is 2. The molecule has 2 aromatic rings. The summed E-state index contributed by atoms with van der Waals surface area (Å²) in [7, 11) is 0. The zero-order valence-corrected chi connectivity index (χ0v) is 19.0. The summed E-state index contributed by atoms with van der Waals surface area (Å²) in [4.78, 5) is 17.1. The van der Waals surface area contributed by atoms with E-state index in [0.29, 0.717) is 6.54 Å². The molecule has 0 bridgehead atoms. The van der Waals surface area contributed by atoms with E-state index in [1.165, 1.54) is 5.56 Å². The molecule has 2 heterocycles. The Balaban J connectivity index is 1.51. The Morgan fingerprint density at radius 1 is 1.03 bits per heavy atom. The first-order chi connectivity index (χ1) is 15.6. The second-order valence-corrected chi connectivity index (χ2v) is 9.08. The van der Waals surface area contributed by atoms with Crippen LogP contribution in [0.2, 0.25) is 0 Å². The van der Waals surface area contributed by atoms with Gasteiger partial charge in [-0.25, -0.2) is 4.79 Å². The number of carbonyl (C=O) groups is 1. The summed E-state index contributed by atoms with van der Waals surface area (Å²) in [6, 6.07) is 18.8. The Morgan fingerprint density at radius 3 is 2.34 bits per heavy atom. The monoisotopic (exact) mass is 431 g/mol. The van der Waals surface area contributed by atoms with E-state index in [1.54, 1.807) is 0 Å². The van der Waals surface area contributed by atoms with Crippen LogP contribution in [0.25, 0.3) is 0 Å². The molecule has 4 rings (SSSR count). The molecular formula is C27H33N3O2. The van der Waals surface area contributed by atoms with Crippen molar-refractivity contribution in [3.05, 3.63) is 71.3 Å². The molecule has 2 saturated heterocycles. The Hall–Kier alpha value is -2.81. The third kappa shape index (κ3) is 4.98. The lowest BCUT2D eigenvalue weighted by atomic mass is 9.74. The van der Waals surface area contributed by atoms with Crippen molar-refractivity contribution in [2.24, 2.45) is 0 Å². The largest absolute Gasteiger partial charge is 0.395 e. The van der Waals surface area contributed by atoms with Crippen molar-refractivity contribution in [3.8, 4) is 11.8 Å². The number of carbonyl (C=O) groups excluding carboxylic acids is 1. The van der Waals surface area contributed by atoms with E-state index in [-0.39, 0.29) is 36.7 Å². The number of aliphatic hydroxyl groups is 1. The van der Waals surface area contributed by atoms with Crippen LogP contribution in [0.5, 0.6) is 0 Å². The molecule has 2 aliphatic heterocycles. The molecular weight excluding hydrogens is 398 g/mol. The minimum absolute atomic E-state index is 0.0135. The Kier molecular flexibility index (Phi) is 7.14. The summed E-state index contributed by atoms with van der Waals surface area (Å²) in [5.74, 6) is 6.65. The predicted octanol–water partition coefficient (Wildman–Crippen LogP) is 3.43. The summed E-state index contributed by atoms with van der Waals surface area (Å²) in [5.41, 5.74) is 3.19. The first-order valence-electron chi connectivity index (χ1n) is 11.7. The highest BCUT2D eigenvalue weighted by atomic mass is 16.3. The van der Waals surface area contributed by atoms with E-state index in [0.717, 1.165) is 37.1 Å². The van der Waals surface area contributed by atoms with Crippen LogP contribution in [0.15, 0.2) is 54.6 Å². The van der Waals surface area contributed by atoms with Crippen LogP contribution in [-0.2, 0) is 0 Å². The molecule has 32 heavy (non-hydrogen) atoms. The van der Waals surface area contributed by atoms with Gasteiger partial charge in [-0.2, -0.15) is 0 Å². The maximum atomic E-state index is 12.7. The van der Waals surface area contributed by atoms with Gasteiger partial charge < -0.3 is 15.3 Å². The van der Waals surface area contributed by atoms with Gasteiger partial charge in [0.2, 0.25) is 0 Å². The van der Waals surface area contributed by atoms with Crippen LogP contribution in [-0.4, -0.2) is 65.3 Å². The molecule has 2 amide bonds. The van der Waals surface area contributed by atoms with Gasteiger partial charge in [0.15, 0.2) is 0 Å². The van der Waals surface area contributed by atoms with E-state index < -0.39 is 0 Å². The molecule has 0 unspecified atom stereocenters. The molecule has 2 aliphatic rings. The van der Waals surface area contributed by atoms with Gasteiger partial charge in [-0.1, -0.05) is 42.2 Å². The second-order valence-electron chi connectivity index (χ2n) is 9.08. The zero-order valence-electron chi connectivity index (χ0n) is 19.0. The van der Waals surface area contributed by atoms with Crippen LogP contribution >= 0.6 is 0 Å². The highest BCUT2D eigenvalue weighted by Gasteiger charge is 2.49. The summed E-state index contributed by atoms with van der Waals surface area (Å²) >= 11 is 0. The van der Waals surface area contributed by atoms with Crippen molar-refractivity contribution < 1.29 is 9.90 Å². The number of hydrogen-bond donors (Lipinski definition) is 2. The van der Waals surface area contributed by atoms with Crippen molar-refractivity contribution >= 4 is 6.03 Å². The van der Waals surface area contributed by atoms with Gasteiger partial charge in [0.1, 0.15) is 0 Å². The third-order valence-corrected chi connectivity index (χ3v) is 6.49. The SMILES string of the molecule is CC(C)NC(=O)N1CCCCN2[C@@H](CO)[C@@H](c3ccc(C#Cc4ccccc4)cc3)[C@@H]2C1. The molecule has 0 aromatic heterocycles. The first-order valence-corrected chi connectivity index (χ1v) is 11.7. The molecule has 3 atom stereocenters. The van der Waals surface area contributed by atoms with Gasteiger partial charge in [0.25, 0.3) is 0 Å². The number of urea groups is 1. The lowest BCUT2D eigenvalue weighted by Gasteiger charge is -2.57. The van der Waals surface area contributed by atoms with E-state index >= 15 is 0 Å². The van der Waals surface area contributed by atoms with Gasteiger partial charge in [-0.3, -0.25) is 4.90 Å². The molecule has 2 aromatic carbocycles. The number of nitrogens with zero attached hydrogens (tertiary/aromatic N) is 2. The summed E-state index contributed by atoms with van der Waals surface area (Å²) in [5, 5.41) is 13.2. The maximum Gasteiger partial charge on any atom is 0.317 e. The number of fused-ring (bicyclic) bond motifs is 1. The van der Waals surface area contributed by atoms with Gasteiger partial charge in [0, 0.05) is 48.3 Å². The van der Waals surface area contributed by atoms with Crippen molar-refractivity contribution in [2.45, 2.75) is 50.7 Å². The average molecular weight is 432 g/mol. The number of aliphatic hydroxyl groups excluding tert-OH is 1. The quantitative estimate of drug-likeness (QED) is 0.732. The molecule has 5 heteroatoms. The van der Waals surface area contributed by atoms with Crippen molar-refractivity contribution in [1.29, 1.82) is 0 Å². The van der Waals surface area contributed by atoms with Crippen LogP contribution in [0, 0.1) is 11.8 Å². The number of benzene rings is 2. The molecule has 0 saturated carbocycles. The van der Waals surface area contributed by atoms with E-state index in [1.807, 2.05) is 49.1 Å². The average Bonchev–Trinajstić information content (AvgIpc) is 2.77. The summed E-state index contributed by atoms with van der Waals surface area (Å²) in [6.07, 6.45) is 2.03. The fourth-order valence-corrected chi connectivity index (χ4v) is 4.92. The predicted molar refractivity (Wildman–Crippen MR) is 127 cm³/mol. The topological polar surface area (TPSA) is 55.8 Å². The standard InChI is InChI=1S/C27H33N3O2/c1-20(2)28-27(32)29-16-6-7-17-30-24(18-29)26(25(30)19-31)23-14-12-22(13-15-23)11-10-21-8-4-3-5-9-21/h3-5,8-9,12-15,20,24-26,31H,6-7,16-19H2,1-2H3,(H,28,32)/t24-,25-,26-/m0/s1. The van der Waals surface area contributed by atoms with Crippen LogP contribution < -0.4 is 5.32 Å². The van der Waals surface area contributed by atoms with Gasteiger partial charge in [-0.15, -0.1) is 0 Å². The zero-order chi connectivity index (χ0) is 22.5. The van der Waals surface area contributed by atoms with Crippen LogP contribution in [0.4, 0.5) is 4.79 Å². The van der Waals surface area contributed by atoms with Gasteiger partial charge in [-0.05, 0) is 63.1 Å². The van der Waals surface area contributed by atoms with E-state index in [2.05, 4.69) is 46.3 Å². The minimum atomic E-state index is 0.0135. The lowest BCUT2D eigenvalue weighted by molar-refractivity contribution is -0.0591. The maximum absolute atomic E-state index is 12.7. The smallest absolute Gasteiger partial charge is 0.317 e. The molecule has 0 spiro atoms. The Morgan fingerprint density at radius 2 is 1.69 bits per heavy atom.